The van der Waals surface area contributed by atoms with Crippen LogP contribution in [0.5, 0.6) is 0 Å². The van der Waals surface area contributed by atoms with E-state index in [4.69, 9.17) is 4.74 Å². The van der Waals surface area contributed by atoms with Crippen molar-refractivity contribution in [1.82, 2.24) is 4.90 Å². The van der Waals surface area contributed by atoms with Crippen LogP contribution in [0.25, 0.3) is 0 Å². The Labute approximate surface area is 152 Å². The number of aryl methyl sites for hydroxylation is 1. The molecule has 1 saturated heterocycles. The third-order valence-corrected chi connectivity index (χ3v) is 4.75. The summed E-state index contributed by atoms with van der Waals surface area (Å²) in [6, 6.07) is 14.6. The minimum Gasteiger partial charge on any atom is -0.379 e. The van der Waals surface area contributed by atoms with E-state index in [2.05, 4.69) is 42.3 Å². The largest absolute Gasteiger partial charge is 0.379 e. The highest BCUT2D eigenvalue weighted by molar-refractivity contribution is 5.67. The highest BCUT2D eigenvalue weighted by atomic mass is 16.5. The van der Waals surface area contributed by atoms with Gasteiger partial charge in [-0.3, -0.25) is 4.90 Å². The minimum atomic E-state index is 0.885. The summed E-state index contributed by atoms with van der Waals surface area (Å²) in [5.74, 6) is 0. The minimum absolute atomic E-state index is 0.885. The SMILES string of the molecule is [CH2]c1ccccc1Nc1ccc(CCCCN2CCOCC2)cc1[CH2]. The molecular weight excluding hydrogens is 308 g/mol. The lowest BCUT2D eigenvalue weighted by molar-refractivity contribution is 0.0372. The normalized spacial score (nSPS) is 15.3. The van der Waals surface area contributed by atoms with E-state index in [1.165, 1.54) is 24.9 Å². The quantitative estimate of drug-likeness (QED) is 0.756. The van der Waals surface area contributed by atoms with Crippen LogP contribution in [0.3, 0.4) is 0 Å². The summed E-state index contributed by atoms with van der Waals surface area (Å²) in [5, 5.41) is 3.43. The molecule has 0 bridgehead atoms. The van der Waals surface area contributed by atoms with Gasteiger partial charge in [0.15, 0.2) is 0 Å². The number of hydrogen-bond donors (Lipinski definition) is 1. The van der Waals surface area contributed by atoms with Gasteiger partial charge >= 0.3 is 0 Å². The first-order valence-corrected chi connectivity index (χ1v) is 9.15. The maximum absolute atomic E-state index is 5.39. The summed E-state index contributed by atoms with van der Waals surface area (Å²) in [6.45, 7) is 13.4. The molecule has 25 heavy (non-hydrogen) atoms. The van der Waals surface area contributed by atoms with Gasteiger partial charge in [-0.05, 0) is 68.5 Å². The van der Waals surface area contributed by atoms with Crippen LogP contribution < -0.4 is 5.32 Å². The average molecular weight is 336 g/mol. The van der Waals surface area contributed by atoms with Gasteiger partial charge in [0.25, 0.3) is 0 Å². The van der Waals surface area contributed by atoms with Crippen molar-refractivity contribution in [2.24, 2.45) is 0 Å². The van der Waals surface area contributed by atoms with E-state index in [9.17, 15) is 0 Å². The molecule has 1 fully saturated rings. The topological polar surface area (TPSA) is 24.5 Å². The molecule has 0 aliphatic carbocycles. The molecule has 2 aromatic rings. The first-order valence-electron chi connectivity index (χ1n) is 9.15. The zero-order valence-electron chi connectivity index (χ0n) is 15.0. The van der Waals surface area contributed by atoms with E-state index in [1.54, 1.807) is 0 Å². The zero-order valence-corrected chi connectivity index (χ0v) is 15.0. The van der Waals surface area contributed by atoms with Crippen LogP contribution in [0.1, 0.15) is 29.5 Å². The summed E-state index contributed by atoms with van der Waals surface area (Å²) in [4.78, 5) is 2.50. The molecule has 0 amide bonds. The lowest BCUT2D eigenvalue weighted by atomic mass is 10.0. The first kappa shape index (κ1) is 18.0. The molecule has 0 atom stereocenters. The van der Waals surface area contributed by atoms with Crippen molar-refractivity contribution in [3.05, 3.63) is 73.0 Å². The van der Waals surface area contributed by atoms with E-state index in [0.717, 1.165) is 55.2 Å². The summed E-state index contributed by atoms with van der Waals surface area (Å²) in [5.41, 5.74) is 5.47. The lowest BCUT2D eigenvalue weighted by Crippen LogP contribution is -2.36. The standard InChI is InChI=1S/C22H28N2O/c1-18-7-3-4-9-21(18)23-22-11-10-20(17-19(22)2)8-5-6-12-24-13-15-25-16-14-24/h3-4,7,9-11,17,23H,1-2,5-6,8,12-16H2. The number of nitrogens with one attached hydrogen (secondary N) is 1. The van der Waals surface area contributed by atoms with E-state index in [0.29, 0.717) is 0 Å². The summed E-state index contributed by atoms with van der Waals surface area (Å²) < 4.78 is 5.39. The number of hydrogen-bond acceptors (Lipinski definition) is 3. The van der Waals surface area contributed by atoms with Crippen LogP contribution >= 0.6 is 0 Å². The van der Waals surface area contributed by atoms with Crippen LogP contribution in [-0.2, 0) is 11.2 Å². The second-order valence-corrected chi connectivity index (χ2v) is 6.68. The van der Waals surface area contributed by atoms with Gasteiger partial charge in [0.1, 0.15) is 0 Å². The molecule has 2 aromatic carbocycles. The van der Waals surface area contributed by atoms with Gasteiger partial charge in [-0.2, -0.15) is 0 Å². The predicted molar refractivity (Wildman–Crippen MR) is 105 cm³/mol. The van der Waals surface area contributed by atoms with Crippen LogP contribution in [0, 0.1) is 13.8 Å². The van der Waals surface area contributed by atoms with Crippen molar-refractivity contribution in [2.75, 3.05) is 38.2 Å². The van der Waals surface area contributed by atoms with Crippen LogP contribution in [-0.4, -0.2) is 37.7 Å². The van der Waals surface area contributed by atoms with Crippen LogP contribution in [0.2, 0.25) is 0 Å². The third kappa shape index (κ3) is 5.32. The molecule has 1 N–H and O–H groups in total. The van der Waals surface area contributed by atoms with Crippen molar-refractivity contribution >= 4 is 11.4 Å². The van der Waals surface area contributed by atoms with Gasteiger partial charge in [0.05, 0.1) is 13.2 Å². The molecule has 2 radical (unpaired) electrons. The van der Waals surface area contributed by atoms with E-state index >= 15 is 0 Å². The molecule has 0 unspecified atom stereocenters. The second kappa shape index (κ2) is 9.02. The van der Waals surface area contributed by atoms with Gasteiger partial charge in [-0.1, -0.05) is 30.3 Å². The molecule has 0 spiro atoms. The predicted octanol–water partition coefficient (Wildman–Crippen LogP) is 4.45. The van der Waals surface area contributed by atoms with E-state index in [-0.39, 0.29) is 0 Å². The molecule has 0 aromatic heterocycles. The van der Waals surface area contributed by atoms with Crippen molar-refractivity contribution < 1.29 is 4.74 Å². The van der Waals surface area contributed by atoms with Gasteiger partial charge in [0.2, 0.25) is 0 Å². The molecular formula is C22H28N2O. The van der Waals surface area contributed by atoms with Crippen molar-refractivity contribution in [2.45, 2.75) is 19.3 Å². The molecule has 3 heteroatoms. The molecule has 132 valence electrons. The summed E-state index contributed by atoms with van der Waals surface area (Å²) in [7, 11) is 0. The van der Waals surface area contributed by atoms with Gasteiger partial charge in [0, 0.05) is 24.5 Å². The molecule has 1 aliphatic rings. The van der Waals surface area contributed by atoms with Crippen molar-refractivity contribution in [3.63, 3.8) is 0 Å². The maximum Gasteiger partial charge on any atom is 0.0594 e. The molecule has 3 rings (SSSR count). The Hall–Kier alpha value is -1.84. The fraction of sp³-hybridized carbons (Fsp3) is 0.364. The number of nitrogens with zero attached hydrogens (tertiary/aromatic N) is 1. The van der Waals surface area contributed by atoms with E-state index in [1.807, 2.05) is 24.3 Å². The number of anilines is 2. The highest BCUT2D eigenvalue weighted by Crippen LogP contribution is 2.24. The van der Waals surface area contributed by atoms with Crippen LogP contribution in [0.15, 0.2) is 42.5 Å². The Balaban J connectivity index is 1.49. The Morgan fingerprint density at radius 1 is 0.920 bits per heavy atom. The van der Waals surface area contributed by atoms with E-state index < -0.39 is 0 Å². The number of unbranched alkanes of at least 4 members (excludes halogenated alkanes) is 1. The number of morpholine rings is 1. The maximum atomic E-state index is 5.39. The summed E-state index contributed by atoms with van der Waals surface area (Å²) in [6.07, 6.45) is 3.56. The van der Waals surface area contributed by atoms with Crippen LogP contribution in [0.4, 0.5) is 11.4 Å². The first-order chi connectivity index (χ1) is 12.2. The monoisotopic (exact) mass is 336 g/mol. The number of ether oxygens (including phenoxy) is 1. The zero-order chi connectivity index (χ0) is 17.5. The molecule has 0 saturated carbocycles. The lowest BCUT2D eigenvalue weighted by Gasteiger charge is -2.26. The Morgan fingerprint density at radius 2 is 1.68 bits per heavy atom. The average Bonchev–Trinajstić information content (AvgIpc) is 2.63. The molecule has 3 nitrogen and oxygen atoms in total. The van der Waals surface area contributed by atoms with Crippen molar-refractivity contribution in [3.8, 4) is 0 Å². The number of rotatable bonds is 7. The van der Waals surface area contributed by atoms with Crippen molar-refractivity contribution in [1.29, 1.82) is 0 Å². The number of benzene rings is 2. The summed E-state index contributed by atoms with van der Waals surface area (Å²) >= 11 is 0. The smallest absolute Gasteiger partial charge is 0.0594 e. The third-order valence-electron chi connectivity index (χ3n) is 4.75. The molecule has 1 aliphatic heterocycles. The van der Waals surface area contributed by atoms with Gasteiger partial charge < -0.3 is 10.1 Å². The highest BCUT2D eigenvalue weighted by Gasteiger charge is 2.09. The second-order valence-electron chi connectivity index (χ2n) is 6.68. The Bertz CT molecular complexity index is 677. The number of para-hydroxylation sites is 1. The Kier molecular flexibility index (Phi) is 6.48. The fourth-order valence-electron chi connectivity index (χ4n) is 3.20. The molecule has 1 heterocycles. The fourth-order valence-corrected chi connectivity index (χ4v) is 3.20. The van der Waals surface area contributed by atoms with Gasteiger partial charge in [-0.15, -0.1) is 0 Å². The van der Waals surface area contributed by atoms with Gasteiger partial charge in [-0.25, -0.2) is 0 Å². The Morgan fingerprint density at radius 3 is 2.44 bits per heavy atom.